The molecule has 0 fully saturated rings. The van der Waals surface area contributed by atoms with Crippen LogP contribution in [0.2, 0.25) is 5.02 Å². The summed E-state index contributed by atoms with van der Waals surface area (Å²) < 4.78 is 0. The summed E-state index contributed by atoms with van der Waals surface area (Å²) in [7, 11) is 0. The van der Waals surface area contributed by atoms with E-state index in [9.17, 15) is 5.11 Å². The minimum atomic E-state index is -0.351. The Morgan fingerprint density at radius 2 is 2.00 bits per heavy atom. The summed E-state index contributed by atoms with van der Waals surface area (Å²) in [5, 5.41) is 9.99. The number of hydrogen-bond acceptors (Lipinski definition) is 1. The lowest BCUT2D eigenvalue weighted by molar-refractivity contribution is 0.220. The lowest BCUT2D eigenvalue weighted by Crippen LogP contribution is -1.97. The maximum Gasteiger partial charge on any atom is 0.0721 e. The Morgan fingerprint density at radius 3 is 2.54 bits per heavy atom. The molecular formula is C11H13ClO. The smallest absolute Gasteiger partial charge is 0.0721 e. The minimum absolute atomic E-state index is 0.351. The number of aliphatic hydroxyl groups is 1. The van der Waals surface area contributed by atoms with Gasteiger partial charge in [-0.05, 0) is 24.1 Å². The summed E-state index contributed by atoms with van der Waals surface area (Å²) in [6, 6.07) is 7.50. The van der Waals surface area contributed by atoms with Crippen LogP contribution in [0.3, 0.4) is 0 Å². The van der Waals surface area contributed by atoms with Crippen LogP contribution in [0.1, 0.15) is 18.9 Å². The van der Waals surface area contributed by atoms with Crippen LogP contribution in [0, 0.1) is 0 Å². The van der Waals surface area contributed by atoms with Crippen LogP contribution in [0.15, 0.2) is 30.3 Å². The monoisotopic (exact) mass is 196 g/mol. The second-order valence-electron chi connectivity index (χ2n) is 2.89. The molecule has 0 aliphatic heterocycles. The van der Waals surface area contributed by atoms with Gasteiger partial charge >= 0.3 is 0 Å². The van der Waals surface area contributed by atoms with Crippen LogP contribution in [0.5, 0.6) is 0 Å². The van der Waals surface area contributed by atoms with Crippen molar-refractivity contribution in [2.45, 2.75) is 19.4 Å². The maximum atomic E-state index is 9.26. The van der Waals surface area contributed by atoms with E-state index in [4.69, 9.17) is 11.6 Å². The number of aliphatic hydroxyl groups excluding tert-OH is 1. The van der Waals surface area contributed by atoms with Crippen molar-refractivity contribution in [2.75, 3.05) is 0 Å². The molecular weight excluding hydrogens is 184 g/mol. The highest BCUT2D eigenvalue weighted by Gasteiger charge is 1.92. The molecule has 0 saturated carbocycles. The zero-order valence-corrected chi connectivity index (χ0v) is 8.33. The predicted molar refractivity (Wildman–Crippen MR) is 56.8 cm³/mol. The first-order chi connectivity index (χ1) is 6.22. The molecule has 1 unspecified atom stereocenters. The van der Waals surface area contributed by atoms with Gasteiger partial charge in [-0.25, -0.2) is 0 Å². The SMILES string of the molecule is CCC(O)/C=C/c1ccc(Cl)cc1. The van der Waals surface area contributed by atoms with Gasteiger partial charge in [-0.15, -0.1) is 0 Å². The van der Waals surface area contributed by atoms with Gasteiger partial charge in [0.05, 0.1) is 6.10 Å². The van der Waals surface area contributed by atoms with Crippen LogP contribution in [0.4, 0.5) is 0 Å². The van der Waals surface area contributed by atoms with Crippen molar-refractivity contribution < 1.29 is 5.11 Å². The summed E-state index contributed by atoms with van der Waals surface area (Å²) in [5.41, 5.74) is 1.05. The van der Waals surface area contributed by atoms with Crippen LogP contribution < -0.4 is 0 Å². The number of hydrogen-bond donors (Lipinski definition) is 1. The van der Waals surface area contributed by atoms with Crippen molar-refractivity contribution in [3.05, 3.63) is 40.9 Å². The Balaban J connectivity index is 2.64. The van der Waals surface area contributed by atoms with E-state index in [-0.39, 0.29) is 6.10 Å². The third kappa shape index (κ3) is 3.62. The molecule has 1 rings (SSSR count). The zero-order valence-electron chi connectivity index (χ0n) is 7.57. The van der Waals surface area contributed by atoms with Gasteiger partial charge in [0, 0.05) is 5.02 Å². The first kappa shape index (κ1) is 10.3. The first-order valence-corrected chi connectivity index (χ1v) is 4.72. The third-order valence-electron chi connectivity index (χ3n) is 1.80. The molecule has 0 aliphatic carbocycles. The normalized spacial score (nSPS) is 13.5. The Bertz CT molecular complexity index is 277. The lowest BCUT2D eigenvalue weighted by Gasteiger charge is -1.99. The van der Waals surface area contributed by atoms with Gasteiger partial charge in [0.1, 0.15) is 0 Å². The van der Waals surface area contributed by atoms with E-state index >= 15 is 0 Å². The molecule has 1 atom stereocenters. The highest BCUT2D eigenvalue weighted by Crippen LogP contribution is 2.11. The summed E-state index contributed by atoms with van der Waals surface area (Å²) >= 11 is 5.73. The van der Waals surface area contributed by atoms with E-state index in [1.165, 1.54) is 0 Å². The van der Waals surface area contributed by atoms with Crippen molar-refractivity contribution in [2.24, 2.45) is 0 Å². The second-order valence-corrected chi connectivity index (χ2v) is 3.32. The zero-order chi connectivity index (χ0) is 9.68. The molecule has 0 amide bonds. The molecule has 0 radical (unpaired) electrons. The predicted octanol–water partition coefficient (Wildman–Crippen LogP) is 3.12. The molecule has 70 valence electrons. The van der Waals surface area contributed by atoms with E-state index in [0.29, 0.717) is 0 Å². The van der Waals surface area contributed by atoms with Gasteiger partial charge in [-0.2, -0.15) is 0 Å². The third-order valence-corrected chi connectivity index (χ3v) is 2.05. The van der Waals surface area contributed by atoms with Crippen LogP contribution in [-0.2, 0) is 0 Å². The van der Waals surface area contributed by atoms with Crippen molar-refractivity contribution >= 4 is 17.7 Å². The summed E-state index contributed by atoms with van der Waals surface area (Å²) in [6.45, 7) is 1.94. The highest BCUT2D eigenvalue weighted by molar-refractivity contribution is 6.30. The van der Waals surface area contributed by atoms with E-state index in [2.05, 4.69) is 0 Å². The summed E-state index contributed by atoms with van der Waals surface area (Å²) in [6.07, 6.45) is 4.06. The van der Waals surface area contributed by atoms with Crippen LogP contribution in [0.25, 0.3) is 6.08 Å². The molecule has 1 aromatic rings. The van der Waals surface area contributed by atoms with E-state index in [0.717, 1.165) is 17.0 Å². The van der Waals surface area contributed by atoms with Crippen molar-refractivity contribution in [3.8, 4) is 0 Å². The largest absolute Gasteiger partial charge is 0.389 e. The molecule has 0 saturated heterocycles. The van der Waals surface area contributed by atoms with Crippen LogP contribution >= 0.6 is 11.6 Å². The molecule has 0 spiro atoms. The maximum absolute atomic E-state index is 9.26. The summed E-state index contributed by atoms with van der Waals surface area (Å²) in [5.74, 6) is 0. The molecule has 2 heteroatoms. The topological polar surface area (TPSA) is 20.2 Å². The molecule has 0 heterocycles. The second kappa shape index (κ2) is 5.05. The van der Waals surface area contributed by atoms with E-state index in [1.807, 2.05) is 37.3 Å². The average Bonchev–Trinajstić information content (AvgIpc) is 2.16. The molecule has 1 aromatic carbocycles. The molecule has 0 aliphatic rings. The molecule has 0 bridgehead atoms. The number of rotatable bonds is 3. The van der Waals surface area contributed by atoms with Gasteiger partial charge in [-0.1, -0.05) is 42.8 Å². The fourth-order valence-electron chi connectivity index (χ4n) is 0.932. The fraction of sp³-hybridized carbons (Fsp3) is 0.273. The van der Waals surface area contributed by atoms with Gasteiger partial charge in [-0.3, -0.25) is 0 Å². The van der Waals surface area contributed by atoms with Gasteiger partial charge in [0.2, 0.25) is 0 Å². The first-order valence-electron chi connectivity index (χ1n) is 4.34. The van der Waals surface area contributed by atoms with E-state index in [1.54, 1.807) is 6.08 Å². The average molecular weight is 197 g/mol. The Labute approximate surface area is 83.7 Å². The Hall–Kier alpha value is -0.790. The molecule has 1 nitrogen and oxygen atoms in total. The summed E-state index contributed by atoms with van der Waals surface area (Å²) in [4.78, 5) is 0. The lowest BCUT2D eigenvalue weighted by atomic mass is 10.2. The molecule has 0 aromatic heterocycles. The number of halogens is 1. The molecule has 1 N–H and O–H groups in total. The van der Waals surface area contributed by atoms with Crippen LogP contribution in [-0.4, -0.2) is 11.2 Å². The Kier molecular flexibility index (Phi) is 4.00. The van der Waals surface area contributed by atoms with Crippen molar-refractivity contribution in [1.29, 1.82) is 0 Å². The van der Waals surface area contributed by atoms with E-state index < -0.39 is 0 Å². The van der Waals surface area contributed by atoms with Gasteiger partial charge < -0.3 is 5.11 Å². The minimum Gasteiger partial charge on any atom is -0.389 e. The standard InChI is InChI=1S/C11H13ClO/c1-2-11(13)8-5-9-3-6-10(12)7-4-9/h3-8,11,13H,2H2,1H3/b8-5+. The fourth-order valence-corrected chi connectivity index (χ4v) is 1.06. The number of benzene rings is 1. The Morgan fingerprint density at radius 1 is 1.38 bits per heavy atom. The van der Waals surface area contributed by atoms with Crippen molar-refractivity contribution in [1.82, 2.24) is 0 Å². The molecule has 13 heavy (non-hydrogen) atoms. The van der Waals surface area contributed by atoms with Gasteiger partial charge in [0.15, 0.2) is 0 Å². The van der Waals surface area contributed by atoms with Gasteiger partial charge in [0.25, 0.3) is 0 Å². The highest BCUT2D eigenvalue weighted by atomic mass is 35.5. The quantitative estimate of drug-likeness (QED) is 0.788. The van der Waals surface area contributed by atoms with Crippen molar-refractivity contribution in [3.63, 3.8) is 0 Å².